The Bertz CT molecular complexity index is 1690. The number of nitrogens with one attached hydrogen (secondary N) is 2. The molecular formula is C31H40N4O11S. The average Bonchev–Trinajstić information content (AvgIpc) is 3.89. The predicted octanol–water partition coefficient (Wildman–Crippen LogP) is 2.37. The second kappa shape index (κ2) is 12.4. The lowest BCUT2D eigenvalue weighted by Gasteiger charge is -2.29. The third-order valence-corrected chi connectivity index (χ3v) is 9.48. The van der Waals surface area contributed by atoms with E-state index in [-0.39, 0.29) is 32.2 Å². The molecule has 1 saturated heterocycles. The molecule has 3 aliphatic rings. The van der Waals surface area contributed by atoms with Gasteiger partial charge >= 0.3 is 22.4 Å². The molecule has 3 amide bonds. The van der Waals surface area contributed by atoms with Crippen LogP contribution in [0.3, 0.4) is 0 Å². The second-order valence-electron chi connectivity index (χ2n) is 13.1. The van der Waals surface area contributed by atoms with Crippen molar-refractivity contribution in [3.8, 4) is 11.6 Å². The van der Waals surface area contributed by atoms with Gasteiger partial charge < -0.3 is 24.3 Å². The number of aromatic nitrogens is 1. The van der Waals surface area contributed by atoms with Crippen LogP contribution in [0.1, 0.15) is 59.8 Å². The number of hydrogen-bond acceptors (Lipinski definition) is 12. The van der Waals surface area contributed by atoms with E-state index in [4.69, 9.17) is 18.4 Å². The van der Waals surface area contributed by atoms with Crippen molar-refractivity contribution in [2.24, 2.45) is 5.92 Å². The summed E-state index contributed by atoms with van der Waals surface area (Å²) in [6.45, 7) is 6.87. The van der Waals surface area contributed by atoms with Gasteiger partial charge in [0, 0.05) is 18.0 Å². The molecule has 1 aromatic carbocycles. The molecule has 4 atom stereocenters. The highest BCUT2D eigenvalue weighted by Gasteiger charge is 2.63. The number of carbonyl (C=O) groups is 4. The van der Waals surface area contributed by atoms with Gasteiger partial charge in [0.05, 0.1) is 20.8 Å². The summed E-state index contributed by atoms with van der Waals surface area (Å²) in [6.07, 6.45) is 1.02. The lowest BCUT2D eigenvalue weighted by molar-refractivity contribution is -0.151. The van der Waals surface area contributed by atoms with Crippen LogP contribution in [0, 0.1) is 5.92 Å². The fourth-order valence-electron chi connectivity index (χ4n) is 5.83. The zero-order valence-corrected chi connectivity index (χ0v) is 28.0. The molecule has 16 heteroatoms. The molecule has 2 heterocycles. The van der Waals surface area contributed by atoms with Crippen molar-refractivity contribution in [2.75, 3.05) is 20.8 Å². The van der Waals surface area contributed by atoms with Crippen molar-refractivity contribution in [1.82, 2.24) is 19.9 Å². The first-order valence-electron chi connectivity index (χ1n) is 15.3. The molecule has 256 valence electrons. The van der Waals surface area contributed by atoms with E-state index in [1.807, 2.05) is 10.8 Å². The third kappa shape index (κ3) is 7.22. The van der Waals surface area contributed by atoms with Crippen LogP contribution < -0.4 is 19.5 Å². The lowest BCUT2D eigenvalue weighted by atomic mass is 10.1. The largest absolute Gasteiger partial charge is 0.497 e. The van der Waals surface area contributed by atoms with E-state index in [0.717, 1.165) is 12.5 Å². The van der Waals surface area contributed by atoms with Gasteiger partial charge in [0.1, 0.15) is 29.0 Å². The molecule has 0 radical (unpaired) electrons. The number of likely N-dealkylation sites (tertiary alicyclic amines) is 1. The van der Waals surface area contributed by atoms with Crippen LogP contribution in [0.4, 0.5) is 4.79 Å². The normalized spacial score (nSPS) is 24.6. The molecule has 4 unspecified atom stereocenters. The molecule has 47 heavy (non-hydrogen) atoms. The summed E-state index contributed by atoms with van der Waals surface area (Å²) in [5.74, 6) is -2.00. The number of rotatable bonds is 11. The highest BCUT2D eigenvalue weighted by molar-refractivity contribution is 7.85. The van der Waals surface area contributed by atoms with Crippen LogP contribution in [-0.2, 0) is 38.3 Å². The van der Waals surface area contributed by atoms with Crippen molar-refractivity contribution in [3.05, 3.63) is 30.5 Å². The maximum atomic E-state index is 13.9. The quantitative estimate of drug-likeness (QED) is 0.331. The van der Waals surface area contributed by atoms with E-state index in [1.54, 1.807) is 59.2 Å². The predicted molar refractivity (Wildman–Crippen MR) is 165 cm³/mol. The highest BCUT2D eigenvalue weighted by Crippen LogP contribution is 2.47. The molecule has 2 N–H and O–H groups in total. The summed E-state index contributed by atoms with van der Waals surface area (Å²) in [6, 6.07) is 6.09. The first-order chi connectivity index (χ1) is 22.0. The summed E-state index contributed by atoms with van der Waals surface area (Å²) >= 11 is 0. The number of methoxy groups -OCH3 is 2. The smallest absolute Gasteiger partial charge is 0.411 e. The minimum Gasteiger partial charge on any atom is -0.497 e. The maximum absolute atomic E-state index is 13.9. The first-order valence-corrected chi connectivity index (χ1v) is 16.7. The number of fused-ring (bicyclic) bond motifs is 1. The van der Waals surface area contributed by atoms with E-state index < -0.39 is 69.0 Å². The third-order valence-electron chi connectivity index (χ3n) is 8.50. The minimum atomic E-state index is -4.74. The Kier molecular flexibility index (Phi) is 9.05. The van der Waals surface area contributed by atoms with Gasteiger partial charge in [-0.2, -0.15) is 8.42 Å². The summed E-state index contributed by atoms with van der Waals surface area (Å²) in [7, 11) is -2.07. The number of pyridine rings is 1. The van der Waals surface area contributed by atoms with Crippen molar-refractivity contribution >= 4 is 45.0 Å². The Morgan fingerprint density at radius 1 is 1.11 bits per heavy atom. The Morgan fingerprint density at radius 2 is 1.83 bits per heavy atom. The van der Waals surface area contributed by atoms with Gasteiger partial charge in [0.2, 0.25) is 11.8 Å². The lowest BCUT2D eigenvalue weighted by Crippen LogP contribution is -2.57. The van der Waals surface area contributed by atoms with Crippen molar-refractivity contribution in [2.45, 2.75) is 88.7 Å². The Labute approximate surface area is 272 Å². The van der Waals surface area contributed by atoms with Crippen LogP contribution >= 0.6 is 0 Å². The average molecular weight is 677 g/mol. The Hall–Kier alpha value is -4.18. The number of benzene rings is 1. The molecular weight excluding hydrogens is 636 g/mol. The van der Waals surface area contributed by atoms with Crippen molar-refractivity contribution in [3.63, 3.8) is 0 Å². The van der Waals surface area contributed by atoms with Crippen LogP contribution in [0.15, 0.2) is 30.5 Å². The summed E-state index contributed by atoms with van der Waals surface area (Å²) in [4.78, 5) is 58.3. The van der Waals surface area contributed by atoms with Crippen molar-refractivity contribution in [1.29, 1.82) is 0 Å². The van der Waals surface area contributed by atoms with E-state index >= 15 is 0 Å². The minimum absolute atomic E-state index is 0.0184. The van der Waals surface area contributed by atoms with Crippen LogP contribution in [0.5, 0.6) is 11.6 Å². The number of hydrogen-bond donors (Lipinski definition) is 2. The monoisotopic (exact) mass is 676 g/mol. The molecule has 1 aliphatic heterocycles. The fraction of sp³-hybridized carbons (Fsp3) is 0.581. The number of amides is 3. The standard InChI is InChI=1S/C31H40N4O11S/c1-7-19-16-31(19,26(37)34-47(40,41)46-30(11-12-30)27(38)43-6)33-24(36)23-15-21(17-35(23)28(39)45-29(2,3)4)44-25-22-9-8-20(42-5)14-18(22)10-13-32-25/h8-10,13-14,19,21,23H,7,11-12,15-17H2,1-6H3,(H,33,36)(H,34,37). The highest BCUT2D eigenvalue weighted by atomic mass is 32.2. The van der Waals surface area contributed by atoms with E-state index in [0.29, 0.717) is 23.4 Å². The summed E-state index contributed by atoms with van der Waals surface area (Å²) in [5.41, 5.74) is -4.13. The second-order valence-corrected chi connectivity index (χ2v) is 14.3. The first kappa shape index (κ1) is 34.2. The maximum Gasteiger partial charge on any atom is 0.411 e. The van der Waals surface area contributed by atoms with E-state index in [2.05, 4.69) is 15.0 Å². The summed E-state index contributed by atoms with van der Waals surface area (Å²) < 4.78 is 54.2. The SMILES string of the molecule is CCC1CC1(NC(=O)C1CC(Oc2nccc3cc(OC)ccc23)CN1C(=O)OC(C)(C)C)C(=O)NS(=O)(=O)OC1(C(=O)OC)CC1. The van der Waals surface area contributed by atoms with Crippen molar-refractivity contribution < 1.29 is 50.7 Å². The molecule has 0 spiro atoms. The molecule has 2 saturated carbocycles. The van der Waals surface area contributed by atoms with Crippen LogP contribution in [-0.4, -0.2) is 91.8 Å². The molecule has 2 aromatic rings. The van der Waals surface area contributed by atoms with Gasteiger partial charge in [-0.3, -0.25) is 14.5 Å². The van der Waals surface area contributed by atoms with Gasteiger partial charge in [0.15, 0.2) is 5.60 Å². The molecule has 3 fully saturated rings. The van der Waals surface area contributed by atoms with Gasteiger partial charge in [-0.15, -0.1) is 0 Å². The van der Waals surface area contributed by atoms with Gasteiger partial charge in [-0.25, -0.2) is 23.5 Å². The topological polar surface area (TPSA) is 189 Å². The molecule has 5 rings (SSSR count). The van der Waals surface area contributed by atoms with Crippen LogP contribution in [0.25, 0.3) is 10.8 Å². The number of ether oxygens (including phenoxy) is 4. The fourth-order valence-corrected chi connectivity index (χ4v) is 6.94. The molecule has 1 aromatic heterocycles. The van der Waals surface area contributed by atoms with Gasteiger partial charge in [-0.1, -0.05) is 13.3 Å². The van der Waals surface area contributed by atoms with E-state index in [9.17, 15) is 27.6 Å². The zero-order chi connectivity index (χ0) is 34.4. The molecule has 0 bridgehead atoms. The number of nitrogens with zero attached hydrogens (tertiary/aromatic N) is 2. The van der Waals surface area contributed by atoms with Gasteiger partial charge in [-0.05, 0) is 75.6 Å². The summed E-state index contributed by atoms with van der Waals surface area (Å²) in [5, 5.41) is 4.24. The molecule has 2 aliphatic carbocycles. The Balaban J connectivity index is 1.35. The molecule has 15 nitrogen and oxygen atoms in total. The number of esters is 1. The zero-order valence-electron chi connectivity index (χ0n) is 27.2. The van der Waals surface area contributed by atoms with E-state index in [1.165, 1.54) is 4.90 Å². The Morgan fingerprint density at radius 3 is 2.43 bits per heavy atom. The number of carbonyl (C=O) groups excluding carboxylic acids is 4. The van der Waals surface area contributed by atoms with Crippen LogP contribution in [0.2, 0.25) is 0 Å². The van der Waals surface area contributed by atoms with Gasteiger partial charge in [0.25, 0.3) is 5.91 Å².